The molecule has 72 valence electrons. The van der Waals surface area contributed by atoms with Gasteiger partial charge in [-0.2, -0.15) is 0 Å². The summed E-state index contributed by atoms with van der Waals surface area (Å²) in [5, 5.41) is 0. The van der Waals surface area contributed by atoms with Gasteiger partial charge in [-0.3, -0.25) is 0 Å². The van der Waals surface area contributed by atoms with Gasteiger partial charge in [-0.05, 0) is 12.1 Å². The third-order valence-electron chi connectivity index (χ3n) is 1.78. The van der Waals surface area contributed by atoms with Crippen molar-refractivity contribution in [2.45, 2.75) is 11.8 Å². The minimum absolute atomic E-state index is 0.0906. The molecule has 0 spiro atoms. The van der Waals surface area contributed by atoms with Crippen LogP contribution in [0.4, 0.5) is 0 Å². The number of benzene rings is 1. The van der Waals surface area contributed by atoms with Gasteiger partial charge in [0.1, 0.15) is 10.6 Å². The monoisotopic (exact) mass is 200 g/mol. The molecule has 0 N–H and O–H groups in total. The van der Waals surface area contributed by atoms with E-state index in [4.69, 9.17) is 4.74 Å². The van der Waals surface area contributed by atoms with Crippen molar-refractivity contribution in [3.63, 3.8) is 0 Å². The largest absolute Gasteiger partial charge is 0.495 e. The maximum Gasteiger partial charge on any atom is 0.181 e. The second-order valence-electron chi connectivity index (χ2n) is 2.55. The minimum atomic E-state index is -3.17. The minimum Gasteiger partial charge on any atom is -0.495 e. The van der Waals surface area contributed by atoms with Gasteiger partial charge in [-0.25, -0.2) is 8.42 Å². The molecule has 0 saturated heterocycles. The second-order valence-corrected chi connectivity index (χ2v) is 4.80. The average molecular weight is 200 g/mol. The van der Waals surface area contributed by atoms with Crippen LogP contribution in [0.5, 0.6) is 5.75 Å². The Kier molecular flexibility index (Phi) is 2.93. The average Bonchev–Trinajstić information content (AvgIpc) is 2.18. The van der Waals surface area contributed by atoms with E-state index in [1.165, 1.54) is 7.11 Å². The molecule has 0 aromatic heterocycles. The predicted octanol–water partition coefficient (Wildman–Crippen LogP) is 1.49. The number of sulfone groups is 1. The van der Waals surface area contributed by atoms with Crippen LogP contribution >= 0.6 is 0 Å². The summed E-state index contributed by atoms with van der Waals surface area (Å²) in [5.41, 5.74) is 0. The molecule has 0 atom stereocenters. The quantitative estimate of drug-likeness (QED) is 0.742. The Labute approximate surface area is 78.3 Å². The first-order valence-corrected chi connectivity index (χ1v) is 5.63. The van der Waals surface area contributed by atoms with Crippen LogP contribution in [0, 0.1) is 0 Å². The molecule has 0 amide bonds. The standard InChI is InChI=1S/C9H12O3S/c1-3-13(10,11)9-7-5-4-6-8(9)12-2/h4-7H,3H2,1-2H3. The number of hydrogen-bond donors (Lipinski definition) is 0. The lowest BCUT2D eigenvalue weighted by Gasteiger charge is -2.06. The van der Waals surface area contributed by atoms with E-state index in [0.29, 0.717) is 5.75 Å². The molecule has 3 nitrogen and oxygen atoms in total. The van der Waals surface area contributed by atoms with Crippen LogP contribution in [-0.4, -0.2) is 21.3 Å². The van der Waals surface area contributed by atoms with Crippen LogP contribution in [0.15, 0.2) is 29.2 Å². The lowest BCUT2D eigenvalue weighted by molar-refractivity contribution is 0.403. The molecule has 1 aromatic rings. The van der Waals surface area contributed by atoms with Gasteiger partial charge in [0.2, 0.25) is 0 Å². The molecule has 1 aromatic carbocycles. The zero-order chi connectivity index (χ0) is 9.90. The van der Waals surface area contributed by atoms with Gasteiger partial charge in [0.15, 0.2) is 9.84 Å². The Balaban J connectivity index is 3.29. The van der Waals surface area contributed by atoms with Crippen molar-refractivity contribution >= 4 is 9.84 Å². The van der Waals surface area contributed by atoms with Crippen molar-refractivity contribution in [3.05, 3.63) is 24.3 Å². The van der Waals surface area contributed by atoms with E-state index in [1.807, 2.05) is 0 Å². The first-order chi connectivity index (χ1) is 6.11. The van der Waals surface area contributed by atoms with Gasteiger partial charge in [0.05, 0.1) is 12.9 Å². The fraction of sp³-hybridized carbons (Fsp3) is 0.333. The van der Waals surface area contributed by atoms with E-state index in [9.17, 15) is 8.42 Å². The highest BCUT2D eigenvalue weighted by atomic mass is 32.2. The Bertz CT molecular complexity index is 382. The number of hydrogen-bond acceptors (Lipinski definition) is 3. The van der Waals surface area contributed by atoms with Gasteiger partial charge in [0.25, 0.3) is 0 Å². The molecule has 0 heterocycles. The highest BCUT2D eigenvalue weighted by Crippen LogP contribution is 2.23. The van der Waals surface area contributed by atoms with Gasteiger partial charge >= 0.3 is 0 Å². The molecule has 0 aliphatic carbocycles. The van der Waals surface area contributed by atoms with E-state index >= 15 is 0 Å². The van der Waals surface area contributed by atoms with Gasteiger partial charge in [-0.15, -0.1) is 0 Å². The normalized spacial score (nSPS) is 11.2. The highest BCUT2D eigenvalue weighted by Gasteiger charge is 2.15. The zero-order valence-electron chi connectivity index (χ0n) is 7.65. The Morgan fingerprint density at radius 1 is 1.31 bits per heavy atom. The molecule has 4 heteroatoms. The van der Waals surface area contributed by atoms with Crippen LogP contribution in [-0.2, 0) is 9.84 Å². The predicted molar refractivity (Wildman–Crippen MR) is 50.7 cm³/mol. The van der Waals surface area contributed by atoms with E-state index in [1.54, 1.807) is 31.2 Å². The van der Waals surface area contributed by atoms with E-state index in [2.05, 4.69) is 0 Å². The van der Waals surface area contributed by atoms with Crippen LogP contribution < -0.4 is 4.74 Å². The van der Waals surface area contributed by atoms with Crippen LogP contribution in [0.1, 0.15) is 6.92 Å². The third kappa shape index (κ3) is 2.01. The van der Waals surface area contributed by atoms with Gasteiger partial charge in [0, 0.05) is 0 Å². The van der Waals surface area contributed by atoms with Gasteiger partial charge < -0.3 is 4.74 Å². The summed E-state index contributed by atoms with van der Waals surface area (Å²) >= 11 is 0. The lowest BCUT2D eigenvalue weighted by atomic mass is 10.3. The summed E-state index contributed by atoms with van der Waals surface area (Å²) in [6, 6.07) is 6.62. The number of methoxy groups -OCH3 is 1. The molecule has 0 bridgehead atoms. The number of ether oxygens (including phenoxy) is 1. The molecular weight excluding hydrogens is 188 g/mol. The summed E-state index contributed by atoms with van der Waals surface area (Å²) in [4.78, 5) is 0.264. The summed E-state index contributed by atoms with van der Waals surface area (Å²) in [5.74, 6) is 0.497. The molecule has 1 rings (SSSR count). The highest BCUT2D eigenvalue weighted by molar-refractivity contribution is 7.91. The van der Waals surface area contributed by atoms with Gasteiger partial charge in [-0.1, -0.05) is 19.1 Å². The Morgan fingerprint density at radius 2 is 1.92 bits per heavy atom. The van der Waals surface area contributed by atoms with Crippen molar-refractivity contribution in [2.75, 3.05) is 12.9 Å². The molecular formula is C9H12O3S. The maximum atomic E-state index is 11.5. The van der Waals surface area contributed by atoms with E-state index in [-0.39, 0.29) is 10.6 Å². The molecule has 0 radical (unpaired) electrons. The molecule has 0 aliphatic heterocycles. The van der Waals surface area contributed by atoms with Crippen molar-refractivity contribution in [2.24, 2.45) is 0 Å². The van der Waals surface area contributed by atoms with Crippen LogP contribution in [0.25, 0.3) is 0 Å². The summed E-state index contributed by atoms with van der Waals surface area (Å²) in [7, 11) is -1.70. The SMILES string of the molecule is CCS(=O)(=O)c1ccccc1OC. The summed E-state index contributed by atoms with van der Waals surface area (Å²) < 4.78 is 28.0. The molecule has 0 saturated carbocycles. The van der Waals surface area contributed by atoms with Crippen molar-refractivity contribution < 1.29 is 13.2 Å². The fourth-order valence-electron chi connectivity index (χ4n) is 1.03. The molecule has 0 unspecified atom stereocenters. The molecule has 0 aliphatic rings. The molecule has 0 fully saturated rings. The van der Waals surface area contributed by atoms with Crippen LogP contribution in [0.2, 0.25) is 0 Å². The number of rotatable bonds is 3. The van der Waals surface area contributed by atoms with Crippen molar-refractivity contribution in [3.8, 4) is 5.75 Å². The zero-order valence-corrected chi connectivity index (χ0v) is 8.47. The fourth-order valence-corrected chi connectivity index (χ4v) is 2.09. The smallest absolute Gasteiger partial charge is 0.181 e. The molecule has 13 heavy (non-hydrogen) atoms. The van der Waals surface area contributed by atoms with Crippen LogP contribution in [0.3, 0.4) is 0 Å². The van der Waals surface area contributed by atoms with Crippen molar-refractivity contribution in [1.29, 1.82) is 0 Å². The van der Waals surface area contributed by atoms with E-state index < -0.39 is 9.84 Å². The number of para-hydroxylation sites is 1. The second kappa shape index (κ2) is 3.79. The lowest BCUT2D eigenvalue weighted by Crippen LogP contribution is -2.05. The van der Waals surface area contributed by atoms with E-state index in [0.717, 1.165) is 0 Å². The topological polar surface area (TPSA) is 43.4 Å². The first-order valence-electron chi connectivity index (χ1n) is 3.97. The maximum absolute atomic E-state index is 11.5. The summed E-state index contributed by atoms with van der Waals surface area (Å²) in [6.45, 7) is 1.61. The summed E-state index contributed by atoms with van der Waals surface area (Å²) in [6.07, 6.45) is 0. The first kappa shape index (κ1) is 10.1. The Morgan fingerprint density at radius 3 is 2.46 bits per heavy atom. The van der Waals surface area contributed by atoms with Crippen molar-refractivity contribution in [1.82, 2.24) is 0 Å². The Hall–Kier alpha value is -1.03. The third-order valence-corrected chi connectivity index (χ3v) is 3.55.